The van der Waals surface area contributed by atoms with Crippen molar-refractivity contribution < 1.29 is 4.79 Å². The molecular weight excluding hydrogens is 316 g/mol. The summed E-state index contributed by atoms with van der Waals surface area (Å²) in [6.45, 7) is 0.689. The van der Waals surface area contributed by atoms with Gasteiger partial charge in [0.05, 0.1) is 0 Å². The minimum Gasteiger partial charge on any atom is -0.354 e. The number of tetrazole rings is 1. The van der Waals surface area contributed by atoms with Crippen molar-refractivity contribution in [2.45, 2.75) is 18.9 Å². The average molecular weight is 331 g/mol. The summed E-state index contributed by atoms with van der Waals surface area (Å²) >= 11 is 5.95. The van der Waals surface area contributed by atoms with Crippen LogP contribution < -0.4 is 5.32 Å². The van der Waals surface area contributed by atoms with Crippen LogP contribution in [-0.2, 0) is 11.3 Å². The van der Waals surface area contributed by atoms with Crippen LogP contribution in [0, 0.1) is 0 Å². The molecule has 8 heteroatoms. The highest BCUT2D eigenvalue weighted by atomic mass is 35.5. The van der Waals surface area contributed by atoms with E-state index in [1.54, 1.807) is 0 Å². The standard InChI is InChI=1S/C15H15ClN6O/c16-13-5-3-11(4-6-13)12(10-22-7-1-2-8-22)9-14(23)17-15-18-20-21-19-15/h1-8,12H,9-10H2,(H2,17,18,19,20,21,23)/t12-/m0/s1. The summed E-state index contributed by atoms with van der Waals surface area (Å²) in [5, 5.41) is 16.4. The van der Waals surface area contributed by atoms with Gasteiger partial charge in [-0.25, -0.2) is 0 Å². The summed E-state index contributed by atoms with van der Waals surface area (Å²) in [6.07, 6.45) is 4.24. The number of H-pyrrole nitrogens is 1. The second-order valence-corrected chi connectivity index (χ2v) is 5.55. The number of benzene rings is 1. The van der Waals surface area contributed by atoms with Crippen molar-refractivity contribution in [3.63, 3.8) is 0 Å². The Kier molecular flexibility index (Phi) is 4.68. The van der Waals surface area contributed by atoms with Gasteiger partial charge in [0.2, 0.25) is 5.91 Å². The van der Waals surface area contributed by atoms with Crippen LogP contribution >= 0.6 is 11.6 Å². The average Bonchev–Trinajstić information content (AvgIpc) is 3.21. The van der Waals surface area contributed by atoms with Gasteiger partial charge in [-0.2, -0.15) is 5.21 Å². The molecule has 0 bridgehead atoms. The van der Waals surface area contributed by atoms with Gasteiger partial charge in [0, 0.05) is 36.3 Å². The Hall–Kier alpha value is -2.67. The first-order chi connectivity index (χ1) is 11.2. The van der Waals surface area contributed by atoms with Crippen LogP contribution in [0.5, 0.6) is 0 Å². The zero-order chi connectivity index (χ0) is 16.1. The number of aromatic nitrogens is 5. The Labute approximate surface area is 137 Å². The van der Waals surface area contributed by atoms with Crippen molar-refractivity contribution in [2.24, 2.45) is 0 Å². The van der Waals surface area contributed by atoms with Gasteiger partial charge in [0.1, 0.15) is 0 Å². The van der Waals surface area contributed by atoms with Crippen LogP contribution in [0.4, 0.5) is 5.95 Å². The molecule has 0 saturated carbocycles. The molecule has 0 saturated heterocycles. The third-order valence-electron chi connectivity index (χ3n) is 3.47. The number of carbonyl (C=O) groups is 1. The highest BCUT2D eigenvalue weighted by Gasteiger charge is 2.18. The van der Waals surface area contributed by atoms with Gasteiger partial charge in [0.15, 0.2) is 0 Å². The molecule has 2 aromatic heterocycles. The van der Waals surface area contributed by atoms with E-state index in [1.165, 1.54) is 0 Å². The summed E-state index contributed by atoms with van der Waals surface area (Å²) in [4.78, 5) is 12.2. The second kappa shape index (κ2) is 7.06. The second-order valence-electron chi connectivity index (χ2n) is 5.12. The van der Waals surface area contributed by atoms with Gasteiger partial charge in [-0.3, -0.25) is 10.1 Å². The fourth-order valence-electron chi connectivity index (χ4n) is 2.38. The molecule has 23 heavy (non-hydrogen) atoms. The molecule has 2 N–H and O–H groups in total. The molecule has 7 nitrogen and oxygen atoms in total. The lowest BCUT2D eigenvalue weighted by Crippen LogP contribution is -2.19. The molecule has 0 spiro atoms. The maximum atomic E-state index is 12.2. The third kappa shape index (κ3) is 4.17. The zero-order valence-corrected chi connectivity index (χ0v) is 12.9. The van der Waals surface area contributed by atoms with E-state index in [-0.39, 0.29) is 17.8 Å². The molecule has 3 rings (SSSR count). The van der Waals surface area contributed by atoms with E-state index in [0.29, 0.717) is 18.0 Å². The van der Waals surface area contributed by atoms with Gasteiger partial charge < -0.3 is 4.57 Å². The summed E-state index contributed by atoms with van der Waals surface area (Å²) in [6, 6.07) is 11.5. The predicted octanol–water partition coefficient (Wildman–Crippen LogP) is 2.47. The maximum Gasteiger partial charge on any atom is 0.269 e. The van der Waals surface area contributed by atoms with Crippen LogP contribution in [0.3, 0.4) is 0 Å². The predicted molar refractivity (Wildman–Crippen MR) is 86.0 cm³/mol. The highest BCUT2D eigenvalue weighted by molar-refractivity contribution is 6.30. The number of rotatable bonds is 6. The van der Waals surface area contributed by atoms with Crippen molar-refractivity contribution in [1.29, 1.82) is 0 Å². The minimum atomic E-state index is -0.168. The smallest absolute Gasteiger partial charge is 0.269 e. The highest BCUT2D eigenvalue weighted by Crippen LogP contribution is 2.24. The molecule has 0 aliphatic heterocycles. The first kappa shape index (κ1) is 15.2. The van der Waals surface area contributed by atoms with Crippen molar-refractivity contribution >= 4 is 23.5 Å². The minimum absolute atomic E-state index is 0.00608. The molecule has 0 aliphatic carbocycles. The number of nitrogens with one attached hydrogen (secondary N) is 2. The topological polar surface area (TPSA) is 88.5 Å². The number of anilines is 1. The molecule has 0 unspecified atom stereocenters. The number of hydrogen-bond donors (Lipinski definition) is 2. The monoisotopic (exact) mass is 330 g/mol. The lowest BCUT2D eigenvalue weighted by Gasteiger charge is -2.17. The fraction of sp³-hybridized carbons (Fsp3) is 0.200. The third-order valence-corrected chi connectivity index (χ3v) is 3.72. The molecule has 1 atom stereocenters. The Morgan fingerprint density at radius 2 is 2.00 bits per heavy atom. The van der Waals surface area contributed by atoms with Crippen LogP contribution in [0.25, 0.3) is 0 Å². The van der Waals surface area contributed by atoms with Crippen molar-refractivity contribution in [2.75, 3.05) is 5.32 Å². The lowest BCUT2D eigenvalue weighted by atomic mass is 9.95. The van der Waals surface area contributed by atoms with E-state index in [1.807, 2.05) is 53.4 Å². The molecule has 1 amide bonds. The number of aromatic amines is 1. The number of halogens is 1. The van der Waals surface area contributed by atoms with Crippen LogP contribution in [0.1, 0.15) is 17.9 Å². The van der Waals surface area contributed by atoms with E-state index < -0.39 is 0 Å². The van der Waals surface area contributed by atoms with Gasteiger partial charge >= 0.3 is 0 Å². The van der Waals surface area contributed by atoms with E-state index in [2.05, 4.69) is 25.9 Å². The molecule has 2 heterocycles. The van der Waals surface area contributed by atoms with Crippen LogP contribution in [0.2, 0.25) is 5.02 Å². The van der Waals surface area contributed by atoms with Crippen molar-refractivity contribution in [1.82, 2.24) is 25.2 Å². The number of nitrogens with zero attached hydrogens (tertiary/aromatic N) is 4. The molecule has 0 aliphatic rings. The Balaban J connectivity index is 1.74. The summed E-state index contributed by atoms with van der Waals surface area (Å²) in [5.41, 5.74) is 1.05. The van der Waals surface area contributed by atoms with Gasteiger partial charge in [-0.1, -0.05) is 28.8 Å². The van der Waals surface area contributed by atoms with E-state index in [9.17, 15) is 4.79 Å². The Morgan fingerprint density at radius 1 is 1.26 bits per heavy atom. The molecule has 3 aromatic rings. The lowest BCUT2D eigenvalue weighted by molar-refractivity contribution is -0.116. The zero-order valence-electron chi connectivity index (χ0n) is 12.2. The summed E-state index contributed by atoms with van der Waals surface area (Å²) in [7, 11) is 0. The van der Waals surface area contributed by atoms with Gasteiger partial charge in [-0.05, 0) is 35.0 Å². The van der Waals surface area contributed by atoms with Crippen molar-refractivity contribution in [3.05, 3.63) is 59.4 Å². The molecule has 1 aromatic carbocycles. The quantitative estimate of drug-likeness (QED) is 0.726. The first-order valence-electron chi connectivity index (χ1n) is 7.10. The SMILES string of the molecule is O=C(C[C@@H](Cn1cccc1)c1ccc(Cl)cc1)Nc1nn[nH]n1. The molecule has 0 fully saturated rings. The van der Waals surface area contributed by atoms with Gasteiger partial charge in [-0.15, -0.1) is 5.10 Å². The maximum absolute atomic E-state index is 12.2. The first-order valence-corrected chi connectivity index (χ1v) is 7.48. The largest absolute Gasteiger partial charge is 0.354 e. The number of carbonyl (C=O) groups excluding carboxylic acids is 1. The molecular formula is C15H15ClN6O. The van der Waals surface area contributed by atoms with E-state index >= 15 is 0 Å². The fourth-order valence-corrected chi connectivity index (χ4v) is 2.51. The van der Waals surface area contributed by atoms with E-state index in [4.69, 9.17) is 11.6 Å². The Morgan fingerprint density at radius 3 is 2.65 bits per heavy atom. The summed E-state index contributed by atoms with van der Waals surface area (Å²) in [5.74, 6) is 0.0101. The normalized spacial score (nSPS) is 12.0. The van der Waals surface area contributed by atoms with Crippen LogP contribution in [0.15, 0.2) is 48.8 Å². The van der Waals surface area contributed by atoms with E-state index in [0.717, 1.165) is 5.56 Å². The molecule has 118 valence electrons. The molecule has 0 radical (unpaired) electrons. The number of amides is 1. The van der Waals surface area contributed by atoms with Crippen LogP contribution in [-0.4, -0.2) is 31.1 Å². The number of hydrogen-bond acceptors (Lipinski definition) is 4. The summed E-state index contributed by atoms with van der Waals surface area (Å²) < 4.78 is 2.04. The van der Waals surface area contributed by atoms with Gasteiger partial charge in [0.25, 0.3) is 5.95 Å². The van der Waals surface area contributed by atoms with Crippen molar-refractivity contribution in [3.8, 4) is 0 Å². The Bertz CT molecular complexity index is 739.